The Labute approximate surface area is 190 Å². The highest BCUT2D eigenvalue weighted by Gasteiger charge is 2.39. The first kappa shape index (κ1) is 28.9. The third-order valence-corrected chi connectivity index (χ3v) is 7.04. The molecular weight excluding hydrogens is 491 g/mol. The van der Waals surface area contributed by atoms with Crippen LogP contribution in [-0.2, 0) is 25.9 Å². The van der Waals surface area contributed by atoms with Crippen LogP contribution in [0.15, 0.2) is 40.5 Å². The molecule has 0 bridgehead atoms. The molecule has 0 fully saturated rings. The van der Waals surface area contributed by atoms with Gasteiger partial charge in [-0.05, 0) is 18.1 Å². The Hall–Kier alpha value is -2.15. The van der Waals surface area contributed by atoms with E-state index >= 15 is 0 Å². The van der Waals surface area contributed by atoms with E-state index in [1.165, 1.54) is 17.7 Å². The molecule has 0 N–H and O–H groups in total. The SMILES string of the molecule is CC.CC(C)c1cc(S(=O)(=O)C(F)F)c[n+](C(C)c2cnc(C(F)(F)F)c(S(C)(=O)=O)c2)c1. The molecule has 6 nitrogen and oxygen atoms in total. The van der Waals surface area contributed by atoms with E-state index in [4.69, 9.17) is 0 Å². The predicted molar refractivity (Wildman–Crippen MR) is 111 cm³/mol. The molecule has 13 heteroatoms. The molecule has 33 heavy (non-hydrogen) atoms. The average Bonchev–Trinajstić information content (AvgIpc) is 2.72. The van der Waals surface area contributed by atoms with Crippen molar-refractivity contribution in [3.63, 3.8) is 0 Å². The van der Waals surface area contributed by atoms with Gasteiger partial charge in [0.2, 0.25) is 9.84 Å². The van der Waals surface area contributed by atoms with Crippen LogP contribution in [0, 0.1) is 0 Å². The van der Waals surface area contributed by atoms with Crippen molar-refractivity contribution in [3.05, 3.63) is 47.5 Å². The Morgan fingerprint density at radius 2 is 1.48 bits per heavy atom. The van der Waals surface area contributed by atoms with Crippen LogP contribution in [0.1, 0.15) is 63.4 Å². The van der Waals surface area contributed by atoms with Crippen LogP contribution in [0.4, 0.5) is 22.0 Å². The van der Waals surface area contributed by atoms with Crippen LogP contribution in [0.2, 0.25) is 0 Å². The van der Waals surface area contributed by atoms with E-state index in [1.54, 1.807) is 13.8 Å². The molecule has 0 amide bonds. The van der Waals surface area contributed by atoms with Gasteiger partial charge in [0, 0.05) is 30.5 Å². The minimum Gasteiger partial charge on any atom is -0.250 e. The van der Waals surface area contributed by atoms with Gasteiger partial charge >= 0.3 is 11.9 Å². The lowest BCUT2D eigenvalue weighted by Crippen LogP contribution is -2.40. The minimum absolute atomic E-state index is 0.0136. The standard InChI is InChI=1S/C18H20F5N2O4S2.C2H6/c1-10(2)13-5-14(31(28,29)17(19)20)9-25(8-13)11(3)12-6-15(30(4,26)27)16(24-7-12)18(21,22)23;1-2/h5-11,17H,1-4H3;1-2H3/q+1;. The molecule has 2 heterocycles. The molecule has 0 saturated carbocycles. The second-order valence-electron chi connectivity index (χ2n) is 7.27. The Morgan fingerprint density at radius 1 is 0.939 bits per heavy atom. The van der Waals surface area contributed by atoms with Crippen molar-refractivity contribution in [1.82, 2.24) is 4.98 Å². The van der Waals surface area contributed by atoms with Crippen LogP contribution < -0.4 is 4.57 Å². The zero-order valence-corrected chi connectivity index (χ0v) is 20.5. The summed E-state index contributed by atoms with van der Waals surface area (Å²) in [7, 11) is -9.25. The average molecular weight is 518 g/mol. The Morgan fingerprint density at radius 3 is 1.91 bits per heavy atom. The number of hydrogen-bond acceptors (Lipinski definition) is 5. The van der Waals surface area contributed by atoms with Crippen LogP contribution in [-0.4, -0.2) is 33.8 Å². The maximum atomic E-state index is 13.2. The molecule has 0 aliphatic rings. The van der Waals surface area contributed by atoms with E-state index in [9.17, 15) is 38.8 Å². The van der Waals surface area contributed by atoms with Crippen molar-refractivity contribution in [2.45, 2.75) is 68.3 Å². The molecule has 0 radical (unpaired) electrons. The topological polar surface area (TPSA) is 85.1 Å². The lowest BCUT2D eigenvalue weighted by atomic mass is 10.0. The molecule has 0 aromatic carbocycles. The van der Waals surface area contributed by atoms with E-state index in [-0.39, 0.29) is 11.5 Å². The highest BCUT2D eigenvalue weighted by Crippen LogP contribution is 2.33. The minimum atomic E-state index is -5.01. The number of rotatable bonds is 6. The first-order valence-corrected chi connectivity index (χ1v) is 13.2. The van der Waals surface area contributed by atoms with Crippen molar-refractivity contribution >= 4 is 19.7 Å². The zero-order valence-electron chi connectivity index (χ0n) is 18.9. The molecule has 2 rings (SSSR count). The number of nitrogens with zero attached hydrogens (tertiary/aromatic N) is 2. The van der Waals surface area contributed by atoms with Crippen LogP contribution in [0.5, 0.6) is 0 Å². The normalized spacial score (nSPS) is 13.6. The zero-order chi connectivity index (χ0) is 25.9. The summed E-state index contributed by atoms with van der Waals surface area (Å²) in [5.41, 5.74) is -1.18. The van der Waals surface area contributed by atoms with Gasteiger partial charge in [0.1, 0.15) is 4.90 Å². The van der Waals surface area contributed by atoms with Crippen molar-refractivity contribution in [2.24, 2.45) is 0 Å². The van der Waals surface area contributed by atoms with Gasteiger partial charge in [-0.25, -0.2) is 21.8 Å². The summed E-state index contributed by atoms with van der Waals surface area (Å²) >= 11 is 0. The summed E-state index contributed by atoms with van der Waals surface area (Å²) in [6.07, 6.45) is -1.21. The third kappa shape index (κ3) is 6.69. The van der Waals surface area contributed by atoms with Gasteiger partial charge in [-0.1, -0.05) is 27.7 Å². The van der Waals surface area contributed by atoms with Crippen molar-refractivity contribution in [3.8, 4) is 0 Å². The van der Waals surface area contributed by atoms with Gasteiger partial charge in [-0.2, -0.15) is 26.5 Å². The van der Waals surface area contributed by atoms with Crippen LogP contribution in [0.25, 0.3) is 0 Å². The number of hydrogen-bond donors (Lipinski definition) is 0. The molecule has 0 aliphatic heterocycles. The van der Waals surface area contributed by atoms with E-state index < -0.39 is 53.1 Å². The Kier molecular flexibility index (Phi) is 9.11. The number of aromatic nitrogens is 2. The number of alkyl halides is 5. The molecule has 2 aromatic rings. The summed E-state index contributed by atoms with van der Waals surface area (Å²) in [6.45, 7) is 8.84. The quantitative estimate of drug-likeness (QED) is 0.415. The Bertz CT molecular complexity index is 1200. The maximum absolute atomic E-state index is 13.2. The van der Waals surface area contributed by atoms with Crippen molar-refractivity contribution in [1.29, 1.82) is 0 Å². The largest absolute Gasteiger partial charge is 0.434 e. The van der Waals surface area contributed by atoms with E-state index in [2.05, 4.69) is 4.98 Å². The number of pyridine rings is 2. The van der Waals surface area contributed by atoms with Crippen molar-refractivity contribution < 1.29 is 43.4 Å². The molecule has 0 spiro atoms. The molecular formula is C20H26F5N2O4S2+. The van der Waals surface area contributed by atoms with Gasteiger partial charge in [0.05, 0.1) is 4.90 Å². The maximum Gasteiger partial charge on any atom is 0.434 e. The van der Waals surface area contributed by atoms with E-state index in [1.807, 2.05) is 13.8 Å². The summed E-state index contributed by atoms with van der Waals surface area (Å²) in [4.78, 5) is 1.56. The fraction of sp³-hybridized carbons (Fsp3) is 0.500. The number of halogens is 5. The lowest BCUT2D eigenvalue weighted by Gasteiger charge is -2.15. The Balaban J connectivity index is 0.00000265. The summed E-state index contributed by atoms with van der Waals surface area (Å²) in [5, 5.41) is 0. The van der Waals surface area contributed by atoms with E-state index in [0.29, 0.717) is 11.8 Å². The fourth-order valence-corrected chi connectivity index (χ4v) is 4.39. The van der Waals surface area contributed by atoms with Crippen molar-refractivity contribution in [2.75, 3.05) is 6.26 Å². The highest BCUT2D eigenvalue weighted by molar-refractivity contribution is 7.91. The fourth-order valence-electron chi connectivity index (χ4n) is 2.75. The van der Waals surface area contributed by atoms with Crippen LogP contribution in [0.3, 0.4) is 0 Å². The van der Waals surface area contributed by atoms with Gasteiger partial charge in [0.15, 0.2) is 34.0 Å². The lowest BCUT2D eigenvalue weighted by molar-refractivity contribution is -0.712. The summed E-state index contributed by atoms with van der Waals surface area (Å²) in [6, 6.07) is 0.981. The number of sulfone groups is 2. The predicted octanol–water partition coefficient (Wildman–Crippen LogP) is 4.55. The second-order valence-corrected chi connectivity index (χ2v) is 11.2. The monoisotopic (exact) mass is 517 g/mol. The smallest absolute Gasteiger partial charge is 0.250 e. The molecule has 1 atom stereocenters. The van der Waals surface area contributed by atoms with Gasteiger partial charge < -0.3 is 0 Å². The van der Waals surface area contributed by atoms with E-state index in [0.717, 1.165) is 24.5 Å². The van der Waals surface area contributed by atoms with Crippen LogP contribution >= 0.6 is 0 Å². The molecule has 2 aromatic heterocycles. The molecule has 1 unspecified atom stereocenters. The summed E-state index contributed by atoms with van der Waals surface area (Å²) < 4.78 is 115. The highest BCUT2D eigenvalue weighted by atomic mass is 32.2. The first-order chi connectivity index (χ1) is 15.0. The second kappa shape index (κ2) is 10.4. The van der Waals surface area contributed by atoms with Gasteiger partial charge in [-0.3, -0.25) is 0 Å². The van der Waals surface area contributed by atoms with Gasteiger partial charge in [0.25, 0.3) is 0 Å². The summed E-state index contributed by atoms with van der Waals surface area (Å²) in [5.74, 6) is -3.92. The first-order valence-electron chi connectivity index (χ1n) is 9.81. The third-order valence-electron chi connectivity index (χ3n) is 4.58. The molecule has 186 valence electrons. The van der Waals surface area contributed by atoms with Gasteiger partial charge in [-0.15, -0.1) is 0 Å². The molecule has 0 aliphatic carbocycles. The molecule has 0 saturated heterocycles.